The first kappa shape index (κ1) is 15.2. The van der Waals surface area contributed by atoms with Crippen LogP contribution < -0.4 is 10.1 Å². The van der Waals surface area contributed by atoms with Crippen molar-refractivity contribution in [2.24, 2.45) is 0 Å². The normalized spacial score (nSPS) is 10.6. The van der Waals surface area contributed by atoms with Gasteiger partial charge in [0.05, 0.1) is 13.7 Å². The van der Waals surface area contributed by atoms with Gasteiger partial charge in [0.15, 0.2) is 0 Å². The first-order valence-corrected chi connectivity index (χ1v) is 6.39. The van der Waals surface area contributed by atoms with E-state index in [-0.39, 0.29) is 5.97 Å². The van der Waals surface area contributed by atoms with Crippen molar-refractivity contribution >= 4 is 12.0 Å². The number of carbonyl (C=O) groups is 1. The largest absolute Gasteiger partial charge is 0.497 e. The van der Waals surface area contributed by atoms with Gasteiger partial charge < -0.3 is 14.8 Å². The van der Waals surface area contributed by atoms with Crippen LogP contribution in [0.4, 0.5) is 0 Å². The van der Waals surface area contributed by atoms with E-state index < -0.39 is 0 Å². The fourth-order valence-corrected chi connectivity index (χ4v) is 1.50. The van der Waals surface area contributed by atoms with Crippen molar-refractivity contribution < 1.29 is 14.3 Å². The minimum Gasteiger partial charge on any atom is -0.497 e. The molecule has 0 amide bonds. The van der Waals surface area contributed by atoms with E-state index in [0.717, 1.165) is 30.7 Å². The number of hydrogen-bond donors (Lipinski definition) is 1. The maximum atomic E-state index is 11.4. The predicted octanol–water partition coefficient (Wildman–Crippen LogP) is 2.25. The van der Waals surface area contributed by atoms with Gasteiger partial charge >= 0.3 is 5.97 Å². The molecule has 1 rings (SSSR count). The van der Waals surface area contributed by atoms with E-state index >= 15 is 0 Å². The van der Waals surface area contributed by atoms with Crippen molar-refractivity contribution in [1.29, 1.82) is 0 Å². The minimum absolute atomic E-state index is 0.305. The van der Waals surface area contributed by atoms with Crippen molar-refractivity contribution in [3.63, 3.8) is 0 Å². The SMILES string of the molecule is CNCCCCOC(=O)/C=C/c1ccc(OC)cc1. The van der Waals surface area contributed by atoms with Crippen LogP contribution in [-0.4, -0.2) is 33.3 Å². The molecular weight excluding hydrogens is 242 g/mol. The van der Waals surface area contributed by atoms with Crippen LogP contribution in [0.2, 0.25) is 0 Å². The summed E-state index contributed by atoms with van der Waals surface area (Å²) < 4.78 is 10.1. The molecule has 0 saturated heterocycles. The molecule has 0 unspecified atom stereocenters. The highest BCUT2D eigenvalue weighted by atomic mass is 16.5. The van der Waals surface area contributed by atoms with Gasteiger partial charge in [0, 0.05) is 6.08 Å². The highest BCUT2D eigenvalue weighted by Crippen LogP contribution is 2.12. The van der Waals surface area contributed by atoms with Crippen molar-refractivity contribution in [2.45, 2.75) is 12.8 Å². The second kappa shape index (κ2) is 9.16. The molecule has 4 heteroatoms. The lowest BCUT2D eigenvalue weighted by atomic mass is 10.2. The molecule has 1 aromatic rings. The summed E-state index contributed by atoms with van der Waals surface area (Å²) in [5.41, 5.74) is 0.938. The second-order valence-corrected chi connectivity index (χ2v) is 4.08. The summed E-state index contributed by atoms with van der Waals surface area (Å²) in [6, 6.07) is 7.47. The molecule has 0 fully saturated rings. The van der Waals surface area contributed by atoms with Gasteiger partial charge in [-0.15, -0.1) is 0 Å². The molecule has 0 spiro atoms. The molecule has 0 heterocycles. The van der Waals surface area contributed by atoms with Crippen LogP contribution >= 0.6 is 0 Å². The van der Waals surface area contributed by atoms with Crippen LogP contribution in [-0.2, 0) is 9.53 Å². The number of unbranched alkanes of at least 4 members (excludes halogenated alkanes) is 1. The molecule has 0 radical (unpaired) electrons. The van der Waals surface area contributed by atoms with E-state index in [1.165, 1.54) is 6.08 Å². The Labute approximate surface area is 114 Å². The van der Waals surface area contributed by atoms with Gasteiger partial charge in [-0.1, -0.05) is 12.1 Å². The maximum absolute atomic E-state index is 11.4. The third kappa shape index (κ3) is 6.62. The molecule has 0 bridgehead atoms. The summed E-state index contributed by atoms with van der Waals surface area (Å²) in [4.78, 5) is 11.4. The smallest absolute Gasteiger partial charge is 0.330 e. The summed E-state index contributed by atoms with van der Waals surface area (Å²) in [6.45, 7) is 1.41. The summed E-state index contributed by atoms with van der Waals surface area (Å²) >= 11 is 0. The molecular formula is C15H21NO3. The van der Waals surface area contributed by atoms with E-state index in [0.29, 0.717) is 6.61 Å². The predicted molar refractivity (Wildman–Crippen MR) is 76.1 cm³/mol. The summed E-state index contributed by atoms with van der Waals surface area (Å²) in [5, 5.41) is 3.05. The fraction of sp³-hybridized carbons (Fsp3) is 0.400. The zero-order chi connectivity index (χ0) is 13.9. The van der Waals surface area contributed by atoms with Gasteiger partial charge in [-0.3, -0.25) is 0 Å². The maximum Gasteiger partial charge on any atom is 0.330 e. The van der Waals surface area contributed by atoms with Crippen molar-refractivity contribution in [1.82, 2.24) is 5.32 Å². The Hall–Kier alpha value is -1.81. The highest BCUT2D eigenvalue weighted by molar-refractivity contribution is 5.87. The number of hydrogen-bond acceptors (Lipinski definition) is 4. The van der Waals surface area contributed by atoms with Crippen molar-refractivity contribution in [3.05, 3.63) is 35.9 Å². The molecule has 0 aliphatic carbocycles. The van der Waals surface area contributed by atoms with Crippen LogP contribution in [0.3, 0.4) is 0 Å². The first-order valence-electron chi connectivity index (χ1n) is 6.39. The second-order valence-electron chi connectivity index (χ2n) is 4.08. The van der Waals surface area contributed by atoms with Gasteiger partial charge in [0.1, 0.15) is 5.75 Å². The molecule has 1 aromatic carbocycles. The van der Waals surface area contributed by atoms with Crippen LogP contribution in [0.5, 0.6) is 5.75 Å². The van der Waals surface area contributed by atoms with E-state index in [1.807, 2.05) is 31.3 Å². The highest BCUT2D eigenvalue weighted by Gasteiger charge is 1.97. The third-order valence-electron chi connectivity index (χ3n) is 2.59. The number of nitrogens with one attached hydrogen (secondary N) is 1. The zero-order valence-electron chi connectivity index (χ0n) is 11.5. The molecule has 0 saturated carbocycles. The Morgan fingerprint density at radius 3 is 2.63 bits per heavy atom. The molecule has 4 nitrogen and oxygen atoms in total. The van der Waals surface area contributed by atoms with Gasteiger partial charge in [0.2, 0.25) is 0 Å². The molecule has 0 aromatic heterocycles. The number of benzene rings is 1. The van der Waals surface area contributed by atoms with Crippen LogP contribution in [0.1, 0.15) is 18.4 Å². The van der Waals surface area contributed by atoms with Crippen LogP contribution in [0.15, 0.2) is 30.3 Å². The summed E-state index contributed by atoms with van der Waals surface area (Å²) in [7, 11) is 3.53. The van der Waals surface area contributed by atoms with E-state index in [9.17, 15) is 4.79 Å². The quantitative estimate of drug-likeness (QED) is 0.444. The zero-order valence-corrected chi connectivity index (χ0v) is 11.5. The lowest BCUT2D eigenvalue weighted by Crippen LogP contribution is -2.09. The molecule has 0 atom stereocenters. The molecule has 1 N–H and O–H groups in total. The third-order valence-corrected chi connectivity index (χ3v) is 2.59. The molecule has 0 aliphatic rings. The van der Waals surface area contributed by atoms with E-state index in [1.54, 1.807) is 13.2 Å². The van der Waals surface area contributed by atoms with Gasteiger partial charge in [-0.25, -0.2) is 4.79 Å². The van der Waals surface area contributed by atoms with Crippen LogP contribution in [0.25, 0.3) is 6.08 Å². The minimum atomic E-state index is -0.305. The Morgan fingerprint density at radius 2 is 2.00 bits per heavy atom. The monoisotopic (exact) mass is 263 g/mol. The number of rotatable bonds is 8. The average Bonchev–Trinajstić information content (AvgIpc) is 2.45. The van der Waals surface area contributed by atoms with E-state index in [2.05, 4.69) is 5.32 Å². The number of ether oxygens (including phenoxy) is 2. The molecule has 19 heavy (non-hydrogen) atoms. The Morgan fingerprint density at radius 1 is 1.26 bits per heavy atom. The number of carbonyl (C=O) groups excluding carboxylic acids is 1. The number of esters is 1. The van der Waals surface area contributed by atoms with Gasteiger partial charge in [-0.05, 0) is 50.2 Å². The van der Waals surface area contributed by atoms with Crippen molar-refractivity contribution in [2.75, 3.05) is 27.3 Å². The fourth-order valence-electron chi connectivity index (χ4n) is 1.50. The molecule has 0 aliphatic heterocycles. The molecule has 104 valence electrons. The van der Waals surface area contributed by atoms with Crippen molar-refractivity contribution in [3.8, 4) is 5.75 Å². The van der Waals surface area contributed by atoms with Gasteiger partial charge in [0.25, 0.3) is 0 Å². The topological polar surface area (TPSA) is 47.6 Å². The van der Waals surface area contributed by atoms with E-state index in [4.69, 9.17) is 9.47 Å². The number of methoxy groups -OCH3 is 1. The van der Waals surface area contributed by atoms with Gasteiger partial charge in [-0.2, -0.15) is 0 Å². The van der Waals surface area contributed by atoms with Crippen LogP contribution in [0, 0.1) is 0 Å². The lowest BCUT2D eigenvalue weighted by molar-refractivity contribution is -0.137. The Balaban J connectivity index is 2.28. The standard InChI is InChI=1S/C15H21NO3/c1-16-11-3-4-12-19-15(17)10-7-13-5-8-14(18-2)9-6-13/h5-10,16H,3-4,11-12H2,1-2H3/b10-7+. The average molecular weight is 263 g/mol. The Kier molecular flexibility index (Phi) is 7.35. The Bertz CT molecular complexity index is 398. The first-order chi connectivity index (χ1) is 9.26. The summed E-state index contributed by atoms with van der Waals surface area (Å²) in [5.74, 6) is 0.490. The lowest BCUT2D eigenvalue weighted by Gasteiger charge is -2.02. The summed E-state index contributed by atoms with van der Waals surface area (Å²) in [6.07, 6.45) is 5.06.